The van der Waals surface area contributed by atoms with Gasteiger partial charge >= 0.3 is 0 Å². The minimum absolute atomic E-state index is 0.364. The average Bonchev–Trinajstić information content (AvgIpc) is 3.06. The third-order valence-electron chi connectivity index (χ3n) is 3.27. The molecule has 1 aromatic heterocycles. The van der Waals surface area contributed by atoms with Crippen molar-refractivity contribution in [3.8, 4) is 6.07 Å². The summed E-state index contributed by atoms with van der Waals surface area (Å²) in [6.45, 7) is 3.13. The van der Waals surface area contributed by atoms with E-state index in [0.717, 1.165) is 6.54 Å². The zero-order valence-electron chi connectivity index (χ0n) is 9.26. The lowest BCUT2D eigenvalue weighted by molar-refractivity contribution is 0.521. The Morgan fingerprint density at radius 2 is 2.31 bits per heavy atom. The second-order valence-electron chi connectivity index (χ2n) is 4.38. The van der Waals surface area contributed by atoms with Gasteiger partial charge in [0.25, 0.3) is 0 Å². The van der Waals surface area contributed by atoms with Gasteiger partial charge in [0, 0.05) is 6.54 Å². The van der Waals surface area contributed by atoms with Crippen LogP contribution in [0.4, 0.5) is 5.82 Å². The first-order valence-electron chi connectivity index (χ1n) is 5.49. The van der Waals surface area contributed by atoms with E-state index in [0.29, 0.717) is 21.9 Å². The van der Waals surface area contributed by atoms with Crippen LogP contribution in [0.15, 0.2) is 12.1 Å². The van der Waals surface area contributed by atoms with Crippen molar-refractivity contribution in [3.05, 3.63) is 22.8 Å². The lowest BCUT2D eigenvalue weighted by atomic mass is 10.0. The minimum atomic E-state index is 0.364. The molecule has 0 saturated heterocycles. The summed E-state index contributed by atoms with van der Waals surface area (Å²) in [5, 5.41) is 12.4. The number of hydrogen-bond acceptors (Lipinski definition) is 3. The Bertz CT molecular complexity index is 432. The van der Waals surface area contributed by atoms with Crippen molar-refractivity contribution < 1.29 is 0 Å². The molecule has 1 N–H and O–H groups in total. The fourth-order valence-electron chi connectivity index (χ4n) is 1.76. The Labute approximate surface area is 100 Å². The van der Waals surface area contributed by atoms with E-state index in [4.69, 9.17) is 16.9 Å². The van der Waals surface area contributed by atoms with Gasteiger partial charge in [-0.05, 0) is 36.8 Å². The number of hydrogen-bond donors (Lipinski definition) is 1. The molecule has 1 aliphatic rings. The quantitative estimate of drug-likeness (QED) is 0.816. The molecule has 1 fully saturated rings. The van der Waals surface area contributed by atoms with Crippen molar-refractivity contribution in [2.75, 3.05) is 11.9 Å². The number of pyridine rings is 1. The van der Waals surface area contributed by atoms with Gasteiger partial charge in [-0.25, -0.2) is 4.98 Å². The molecule has 1 aliphatic carbocycles. The predicted octanol–water partition coefficient (Wildman–Crippen LogP) is 3.21. The summed E-state index contributed by atoms with van der Waals surface area (Å²) >= 11 is 5.83. The Morgan fingerprint density at radius 3 is 2.88 bits per heavy atom. The van der Waals surface area contributed by atoms with E-state index < -0.39 is 0 Å². The second-order valence-corrected chi connectivity index (χ2v) is 4.77. The van der Waals surface area contributed by atoms with Crippen LogP contribution in [0.1, 0.15) is 31.7 Å². The molecule has 1 saturated carbocycles. The molecule has 0 unspecified atom stereocenters. The molecular weight excluding hydrogens is 222 g/mol. The third kappa shape index (κ3) is 2.45. The SMILES string of the molecule is CCC1(CNc2cc(C#N)cc(Cl)n2)CC1. The molecule has 3 nitrogen and oxygen atoms in total. The third-order valence-corrected chi connectivity index (χ3v) is 3.47. The number of anilines is 1. The number of nitrogens with one attached hydrogen (secondary N) is 1. The van der Waals surface area contributed by atoms with E-state index in [1.165, 1.54) is 19.3 Å². The summed E-state index contributed by atoms with van der Waals surface area (Å²) in [4.78, 5) is 4.15. The summed E-state index contributed by atoms with van der Waals surface area (Å²) in [5.41, 5.74) is 1.00. The summed E-state index contributed by atoms with van der Waals surface area (Å²) < 4.78 is 0. The highest BCUT2D eigenvalue weighted by molar-refractivity contribution is 6.29. The number of halogens is 1. The lowest BCUT2D eigenvalue weighted by Crippen LogP contribution is -2.15. The molecule has 4 heteroatoms. The monoisotopic (exact) mass is 235 g/mol. The topological polar surface area (TPSA) is 48.7 Å². The van der Waals surface area contributed by atoms with Crippen molar-refractivity contribution in [2.45, 2.75) is 26.2 Å². The van der Waals surface area contributed by atoms with Crippen molar-refractivity contribution in [3.63, 3.8) is 0 Å². The zero-order chi connectivity index (χ0) is 11.6. The van der Waals surface area contributed by atoms with Crippen LogP contribution in [0.5, 0.6) is 0 Å². The van der Waals surface area contributed by atoms with Crippen LogP contribution in [0.25, 0.3) is 0 Å². The molecule has 0 radical (unpaired) electrons. The van der Waals surface area contributed by atoms with Crippen molar-refractivity contribution in [1.82, 2.24) is 4.98 Å². The van der Waals surface area contributed by atoms with Crippen LogP contribution >= 0.6 is 11.6 Å². The summed E-state index contributed by atoms with van der Waals surface area (Å²) in [6.07, 6.45) is 3.75. The minimum Gasteiger partial charge on any atom is -0.369 e. The molecule has 0 amide bonds. The van der Waals surface area contributed by atoms with Gasteiger partial charge in [0.2, 0.25) is 0 Å². The van der Waals surface area contributed by atoms with E-state index in [2.05, 4.69) is 23.3 Å². The molecule has 0 aromatic carbocycles. The predicted molar refractivity (Wildman–Crippen MR) is 64.4 cm³/mol. The molecular formula is C12H14ClN3. The lowest BCUT2D eigenvalue weighted by Gasteiger charge is -2.13. The van der Waals surface area contributed by atoms with Gasteiger partial charge in [0.1, 0.15) is 11.0 Å². The summed E-state index contributed by atoms with van der Waals surface area (Å²) in [6, 6.07) is 5.37. The van der Waals surface area contributed by atoms with Crippen LogP contribution in [-0.4, -0.2) is 11.5 Å². The van der Waals surface area contributed by atoms with Gasteiger partial charge in [-0.15, -0.1) is 0 Å². The number of nitrogens with zero attached hydrogens (tertiary/aromatic N) is 2. The van der Waals surface area contributed by atoms with Crippen LogP contribution in [0.2, 0.25) is 5.15 Å². The first-order chi connectivity index (χ1) is 7.67. The van der Waals surface area contributed by atoms with Crippen LogP contribution in [-0.2, 0) is 0 Å². The van der Waals surface area contributed by atoms with Gasteiger partial charge in [-0.3, -0.25) is 0 Å². The molecule has 0 aliphatic heterocycles. The molecule has 1 aromatic rings. The highest BCUT2D eigenvalue weighted by atomic mass is 35.5. The van der Waals surface area contributed by atoms with E-state index in [9.17, 15) is 0 Å². The zero-order valence-corrected chi connectivity index (χ0v) is 10.0. The largest absolute Gasteiger partial charge is 0.369 e. The standard InChI is InChI=1S/C12H14ClN3/c1-2-12(3-4-12)8-15-11-6-9(7-14)5-10(13)16-11/h5-6H,2-4,8H2,1H3,(H,15,16). The maximum atomic E-state index is 8.81. The average molecular weight is 236 g/mol. The van der Waals surface area contributed by atoms with E-state index in [1.807, 2.05) is 0 Å². The normalized spacial score (nSPS) is 16.6. The van der Waals surface area contributed by atoms with Gasteiger partial charge < -0.3 is 5.32 Å². The van der Waals surface area contributed by atoms with Gasteiger partial charge in [0.15, 0.2) is 0 Å². The van der Waals surface area contributed by atoms with Crippen LogP contribution < -0.4 is 5.32 Å². The Morgan fingerprint density at radius 1 is 1.56 bits per heavy atom. The van der Waals surface area contributed by atoms with Crippen LogP contribution in [0.3, 0.4) is 0 Å². The van der Waals surface area contributed by atoms with Crippen molar-refractivity contribution >= 4 is 17.4 Å². The van der Waals surface area contributed by atoms with Gasteiger partial charge in [0.05, 0.1) is 11.6 Å². The molecule has 0 atom stereocenters. The first-order valence-corrected chi connectivity index (χ1v) is 5.87. The van der Waals surface area contributed by atoms with E-state index in [1.54, 1.807) is 12.1 Å². The Balaban J connectivity index is 2.04. The fourth-order valence-corrected chi connectivity index (χ4v) is 1.97. The Hall–Kier alpha value is -1.27. The molecule has 84 valence electrons. The smallest absolute Gasteiger partial charge is 0.132 e. The molecule has 2 rings (SSSR count). The van der Waals surface area contributed by atoms with Gasteiger partial charge in [-0.1, -0.05) is 18.5 Å². The maximum absolute atomic E-state index is 8.81. The Kier molecular flexibility index (Phi) is 3.02. The molecule has 16 heavy (non-hydrogen) atoms. The number of aromatic nitrogens is 1. The molecule has 0 spiro atoms. The maximum Gasteiger partial charge on any atom is 0.132 e. The van der Waals surface area contributed by atoms with E-state index >= 15 is 0 Å². The molecule has 1 heterocycles. The van der Waals surface area contributed by atoms with Gasteiger partial charge in [-0.2, -0.15) is 5.26 Å². The van der Waals surface area contributed by atoms with Crippen molar-refractivity contribution in [2.24, 2.45) is 5.41 Å². The van der Waals surface area contributed by atoms with Crippen LogP contribution in [0, 0.1) is 16.7 Å². The van der Waals surface area contributed by atoms with Crippen molar-refractivity contribution in [1.29, 1.82) is 5.26 Å². The van der Waals surface area contributed by atoms with E-state index in [-0.39, 0.29) is 0 Å². The highest BCUT2D eigenvalue weighted by Gasteiger charge is 2.40. The first kappa shape index (κ1) is 11.2. The second kappa shape index (κ2) is 4.31. The summed E-state index contributed by atoms with van der Waals surface area (Å²) in [7, 11) is 0. The summed E-state index contributed by atoms with van der Waals surface area (Å²) in [5.74, 6) is 0.698. The number of nitriles is 1. The fraction of sp³-hybridized carbons (Fsp3) is 0.500. The molecule has 0 bridgehead atoms. The number of rotatable bonds is 4. The highest BCUT2D eigenvalue weighted by Crippen LogP contribution is 2.48.